The Bertz CT molecular complexity index is 199. The Morgan fingerprint density at radius 3 is 2.20 bits per heavy atom. The zero-order chi connectivity index (χ0) is 11.6. The molecular formula is C9H18O5S. The molecule has 6 heteroatoms. The summed E-state index contributed by atoms with van der Waals surface area (Å²) in [5.74, 6) is 0. The molecule has 1 fully saturated rings. The Morgan fingerprint density at radius 2 is 1.73 bits per heavy atom. The van der Waals surface area contributed by atoms with Crippen molar-refractivity contribution in [2.45, 2.75) is 48.9 Å². The van der Waals surface area contributed by atoms with Crippen molar-refractivity contribution in [3.05, 3.63) is 0 Å². The van der Waals surface area contributed by atoms with Gasteiger partial charge in [-0.25, -0.2) is 0 Å². The van der Waals surface area contributed by atoms with Gasteiger partial charge < -0.3 is 25.2 Å². The molecule has 0 bridgehead atoms. The summed E-state index contributed by atoms with van der Waals surface area (Å²) >= 11 is 1.35. The van der Waals surface area contributed by atoms with Gasteiger partial charge >= 0.3 is 0 Å². The van der Waals surface area contributed by atoms with Gasteiger partial charge in [-0.05, 0) is 0 Å². The van der Waals surface area contributed by atoms with Crippen LogP contribution in [0, 0.1) is 0 Å². The highest BCUT2D eigenvalue weighted by Crippen LogP contribution is 2.30. The predicted octanol–water partition coefficient (Wildman–Crippen LogP) is -1.07. The van der Waals surface area contributed by atoms with Crippen LogP contribution in [0.3, 0.4) is 0 Å². The molecule has 0 aromatic rings. The van der Waals surface area contributed by atoms with E-state index in [0.717, 1.165) is 0 Å². The minimum atomic E-state index is -1.27. The maximum atomic E-state index is 9.63. The number of thioether (sulfide) groups is 1. The van der Waals surface area contributed by atoms with Crippen molar-refractivity contribution in [3.8, 4) is 0 Å². The first-order chi connectivity index (χ1) is 6.97. The van der Waals surface area contributed by atoms with Gasteiger partial charge in [0.2, 0.25) is 0 Å². The zero-order valence-electron chi connectivity index (χ0n) is 8.78. The monoisotopic (exact) mass is 238 g/mol. The molecule has 5 atom stereocenters. The number of rotatable bonds is 3. The van der Waals surface area contributed by atoms with Crippen LogP contribution in [0.15, 0.2) is 0 Å². The first-order valence-electron chi connectivity index (χ1n) is 4.93. The van der Waals surface area contributed by atoms with E-state index in [1.54, 1.807) is 0 Å². The van der Waals surface area contributed by atoms with Gasteiger partial charge in [0.25, 0.3) is 0 Å². The molecule has 90 valence electrons. The van der Waals surface area contributed by atoms with Crippen molar-refractivity contribution in [1.29, 1.82) is 0 Å². The largest absolute Gasteiger partial charge is 0.394 e. The smallest absolute Gasteiger partial charge is 0.132 e. The summed E-state index contributed by atoms with van der Waals surface area (Å²) in [5.41, 5.74) is -0.611. The summed E-state index contributed by atoms with van der Waals surface area (Å²) in [6.07, 6.45) is -4.48. The lowest BCUT2D eigenvalue weighted by Gasteiger charge is -2.40. The second kappa shape index (κ2) is 5.47. The summed E-state index contributed by atoms with van der Waals surface area (Å²) in [6, 6.07) is 0. The first kappa shape index (κ1) is 13.2. The van der Waals surface area contributed by atoms with Crippen molar-refractivity contribution < 1.29 is 25.2 Å². The van der Waals surface area contributed by atoms with Crippen LogP contribution < -0.4 is 0 Å². The highest BCUT2D eigenvalue weighted by Gasteiger charge is 2.43. The number of hydrogen-bond acceptors (Lipinski definition) is 6. The summed E-state index contributed by atoms with van der Waals surface area (Å²) in [5, 5.41) is 37.8. The standard InChI is InChI=1S/C9H18O5S/c1-4(2)15-9-8(13)7(12)6(11)5(3-10)14-9/h4-13H,3H2,1-2H3/t5-,6+,7+,8-,9-/m1/s1. The third kappa shape index (κ3) is 3.05. The lowest BCUT2D eigenvalue weighted by molar-refractivity contribution is -0.205. The van der Waals surface area contributed by atoms with Gasteiger partial charge in [-0.3, -0.25) is 0 Å². The molecule has 0 unspecified atom stereocenters. The molecule has 0 aromatic carbocycles. The molecule has 0 aromatic heterocycles. The van der Waals surface area contributed by atoms with Crippen LogP contribution in [0.2, 0.25) is 0 Å². The van der Waals surface area contributed by atoms with Gasteiger partial charge in [0.1, 0.15) is 29.9 Å². The highest BCUT2D eigenvalue weighted by molar-refractivity contribution is 8.00. The zero-order valence-corrected chi connectivity index (χ0v) is 9.59. The highest BCUT2D eigenvalue weighted by atomic mass is 32.2. The van der Waals surface area contributed by atoms with Crippen molar-refractivity contribution in [2.75, 3.05) is 6.61 Å². The van der Waals surface area contributed by atoms with Crippen molar-refractivity contribution in [1.82, 2.24) is 0 Å². The van der Waals surface area contributed by atoms with Crippen LogP contribution in [-0.4, -0.2) is 62.1 Å². The van der Waals surface area contributed by atoms with E-state index in [4.69, 9.17) is 9.84 Å². The fourth-order valence-electron chi connectivity index (χ4n) is 1.45. The van der Waals surface area contributed by atoms with Crippen LogP contribution >= 0.6 is 11.8 Å². The summed E-state index contributed by atoms with van der Waals surface area (Å²) in [4.78, 5) is 0. The Hall–Kier alpha value is 0.150. The molecule has 5 nitrogen and oxygen atoms in total. The topological polar surface area (TPSA) is 90.2 Å². The Kier molecular flexibility index (Phi) is 4.82. The predicted molar refractivity (Wildman–Crippen MR) is 56.5 cm³/mol. The van der Waals surface area contributed by atoms with Gasteiger partial charge in [0.05, 0.1) is 6.61 Å². The Labute approximate surface area is 93.1 Å². The van der Waals surface area contributed by atoms with Gasteiger partial charge in [0.15, 0.2) is 0 Å². The molecule has 1 rings (SSSR count). The molecule has 0 amide bonds. The molecular weight excluding hydrogens is 220 g/mol. The molecule has 0 saturated carbocycles. The van der Waals surface area contributed by atoms with Crippen molar-refractivity contribution in [2.24, 2.45) is 0 Å². The van der Waals surface area contributed by atoms with Gasteiger partial charge in [0, 0.05) is 5.25 Å². The van der Waals surface area contributed by atoms with Crippen LogP contribution in [0.5, 0.6) is 0 Å². The molecule has 0 radical (unpaired) electrons. The number of hydrogen-bond donors (Lipinski definition) is 4. The fraction of sp³-hybridized carbons (Fsp3) is 1.00. The number of aliphatic hydroxyl groups excluding tert-OH is 4. The maximum Gasteiger partial charge on any atom is 0.132 e. The Morgan fingerprint density at radius 1 is 1.13 bits per heavy atom. The van der Waals surface area contributed by atoms with E-state index in [0.29, 0.717) is 0 Å². The average molecular weight is 238 g/mol. The second-order valence-corrected chi connectivity index (χ2v) is 5.56. The molecule has 1 saturated heterocycles. The SMILES string of the molecule is CC(C)S[C@H]1O[C@H](CO)[C@H](O)[C@H](O)[C@H]1O. The lowest BCUT2D eigenvalue weighted by atomic mass is 10.0. The van der Waals surface area contributed by atoms with E-state index in [2.05, 4.69) is 0 Å². The van der Waals surface area contributed by atoms with E-state index in [9.17, 15) is 15.3 Å². The maximum absolute atomic E-state index is 9.63. The van der Waals surface area contributed by atoms with Crippen molar-refractivity contribution in [3.63, 3.8) is 0 Å². The van der Waals surface area contributed by atoms with E-state index in [-0.39, 0.29) is 11.9 Å². The van der Waals surface area contributed by atoms with Crippen LogP contribution in [0.1, 0.15) is 13.8 Å². The van der Waals surface area contributed by atoms with Gasteiger partial charge in [-0.2, -0.15) is 0 Å². The molecule has 4 N–H and O–H groups in total. The summed E-state index contributed by atoms with van der Waals surface area (Å²) in [6.45, 7) is 3.50. The molecule has 1 aliphatic heterocycles. The summed E-state index contributed by atoms with van der Waals surface area (Å²) in [7, 11) is 0. The molecule has 15 heavy (non-hydrogen) atoms. The van der Waals surface area contributed by atoms with Crippen LogP contribution in [0.4, 0.5) is 0 Å². The molecule has 1 aliphatic rings. The minimum absolute atomic E-state index is 0.228. The van der Waals surface area contributed by atoms with E-state index in [1.807, 2.05) is 13.8 Å². The van der Waals surface area contributed by atoms with E-state index >= 15 is 0 Å². The molecule has 0 spiro atoms. The first-order valence-corrected chi connectivity index (χ1v) is 5.87. The number of aliphatic hydroxyl groups is 4. The van der Waals surface area contributed by atoms with Crippen LogP contribution in [-0.2, 0) is 4.74 Å². The number of ether oxygens (including phenoxy) is 1. The summed E-state index contributed by atoms with van der Waals surface area (Å²) < 4.78 is 5.29. The quantitative estimate of drug-likeness (QED) is 0.500. The normalized spacial score (nSPS) is 42.2. The minimum Gasteiger partial charge on any atom is -0.394 e. The third-order valence-electron chi connectivity index (χ3n) is 2.25. The van der Waals surface area contributed by atoms with E-state index in [1.165, 1.54) is 11.8 Å². The van der Waals surface area contributed by atoms with Gasteiger partial charge in [-0.15, -0.1) is 11.8 Å². The fourth-order valence-corrected chi connectivity index (χ4v) is 2.51. The molecule has 1 heterocycles. The Balaban J connectivity index is 2.65. The third-order valence-corrected chi connectivity index (χ3v) is 3.46. The second-order valence-electron chi connectivity index (χ2n) is 3.88. The molecule has 0 aliphatic carbocycles. The van der Waals surface area contributed by atoms with E-state index < -0.39 is 29.9 Å². The average Bonchev–Trinajstić information content (AvgIpc) is 2.18. The van der Waals surface area contributed by atoms with Crippen LogP contribution in [0.25, 0.3) is 0 Å². The van der Waals surface area contributed by atoms with Gasteiger partial charge in [-0.1, -0.05) is 13.8 Å². The van der Waals surface area contributed by atoms with Crippen molar-refractivity contribution >= 4 is 11.8 Å². The lowest BCUT2D eigenvalue weighted by Crippen LogP contribution is -2.57.